The maximum Gasteiger partial charge on any atom is 0.323 e. The van der Waals surface area contributed by atoms with Gasteiger partial charge in [0.05, 0.1) is 5.69 Å². The molecule has 1 heterocycles. The number of nitrogens with zero attached hydrogens (tertiary/aromatic N) is 1. The molecular weight excluding hydrogens is 288 g/mol. The summed E-state index contributed by atoms with van der Waals surface area (Å²) in [6.07, 6.45) is 0.810. The molecule has 2 amide bonds. The Hall–Kier alpha value is -2.76. The molecule has 4 nitrogen and oxygen atoms in total. The van der Waals surface area contributed by atoms with Crippen molar-refractivity contribution in [3.63, 3.8) is 0 Å². The summed E-state index contributed by atoms with van der Waals surface area (Å²) in [6, 6.07) is 7.66. The smallest absolute Gasteiger partial charge is 0.308 e. The Morgan fingerprint density at radius 1 is 1.05 bits per heavy atom. The number of amides is 2. The van der Waals surface area contributed by atoms with Crippen molar-refractivity contribution in [1.29, 1.82) is 0 Å². The molecule has 2 N–H and O–H groups in total. The van der Waals surface area contributed by atoms with Crippen molar-refractivity contribution in [2.45, 2.75) is 13.3 Å². The Balaban J connectivity index is 1.71. The van der Waals surface area contributed by atoms with Gasteiger partial charge in [-0.3, -0.25) is 4.99 Å². The van der Waals surface area contributed by atoms with E-state index in [1.54, 1.807) is 12.1 Å². The lowest BCUT2D eigenvalue weighted by molar-refractivity contribution is 0.262. The summed E-state index contributed by atoms with van der Waals surface area (Å²) in [4.78, 5) is 16.2. The van der Waals surface area contributed by atoms with Crippen LogP contribution in [-0.4, -0.2) is 11.7 Å². The Labute approximate surface area is 125 Å². The fourth-order valence-electron chi connectivity index (χ4n) is 2.34. The van der Waals surface area contributed by atoms with Crippen LogP contribution >= 0.6 is 0 Å². The standard InChI is InChI=1S/C16H13F2N3O/c1-9-4-10-2-3-13(8-15(10)19-9)20-16(22)21-14-6-11(17)5-12(18)7-14/h2-3,5-8H,4H2,1H3,(H2,20,21,22). The lowest BCUT2D eigenvalue weighted by Crippen LogP contribution is -2.19. The second-order valence-corrected chi connectivity index (χ2v) is 5.10. The molecule has 3 rings (SSSR count). The Morgan fingerprint density at radius 3 is 2.45 bits per heavy atom. The van der Waals surface area contributed by atoms with Gasteiger partial charge in [0, 0.05) is 29.6 Å². The average Bonchev–Trinajstić information content (AvgIpc) is 2.76. The van der Waals surface area contributed by atoms with Crippen LogP contribution in [0.1, 0.15) is 12.5 Å². The third kappa shape index (κ3) is 3.11. The van der Waals surface area contributed by atoms with Gasteiger partial charge >= 0.3 is 6.03 Å². The summed E-state index contributed by atoms with van der Waals surface area (Å²) in [5, 5.41) is 4.99. The van der Waals surface area contributed by atoms with Crippen molar-refractivity contribution < 1.29 is 13.6 Å². The van der Waals surface area contributed by atoms with Crippen LogP contribution in [0.2, 0.25) is 0 Å². The molecule has 0 aliphatic carbocycles. The van der Waals surface area contributed by atoms with E-state index in [4.69, 9.17) is 0 Å². The number of aliphatic imine (C=N–C) groups is 1. The predicted molar refractivity (Wildman–Crippen MR) is 81.9 cm³/mol. The molecule has 2 aromatic rings. The molecule has 22 heavy (non-hydrogen) atoms. The molecule has 0 bridgehead atoms. The Kier molecular flexibility index (Phi) is 3.58. The van der Waals surface area contributed by atoms with Crippen LogP contribution in [0.3, 0.4) is 0 Å². The van der Waals surface area contributed by atoms with Gasteiger partial charge in [0.2, 0.25) is 0 Å². The molecule has 0 aromatic heterocycles. The number of rotatable bonds is 2. The molecule has 0 fully saturated rings. The highest BCUT2D eigenvalue weighted by Gasteiger charge is 2.12. The van der Waals surface area contributed by atoms with Gasteiger partial charge in [-0.1, -0.05) is 6.07 Å². The maximum absolute atomic E-state index is 13.1. The third-order valence-electron chi connectivity index (χ3n) is 3.22. The SMILES string of the molecule is CC1=Nc2cc(NC(=O)Nc3cc(F)cc(F)c3)ccc2C1. The first-order valence-electron chi connectivity index (χ1n) is 6.71. The predicted octanol–water partition coefficient (Wildman–Crippen LogP) is 4.26. The molecule has 0 saturated heterocycles. The summed E-state index contributed by atoms with van der Waals surface area (Å²) < 4.78 is 26.1. The molecule has 0 atom stereocenters. The lowest BCUT2D eigenvalue weighted by atomic mass is 10.1. The monoisotopic (exact) mass is 301 g/mol. The summed E-state index contributed by atoms with van der Waals surface area (Å²) in [7, 11) is 0. The number of fused-ring (bicyclic) bond motifs is 1. The van der Waals surface area contributed by atoms with Gasteiger partial charge in [-0.2, -0.15) is 0 Å². The van der Waals surface area contributed by atoms with Crippen LogP contribution in [0.4, 0.5) is 30.6 Å². The van der Waals surface area contributed by atoms with E-state index < -0.39 is 17.7 Å². The van der Waals surface area contributed by atoms with Crippen molar-refractivity contribution in [3.8, 4) is 0 Å². The molecule has 112 valence electrons. The van der Waals surface area contributed by atoms with Crippen LogP contribution in [0.15, 0.2) is 41.4 Å². The van der Waals surface area contributed by atoms with Crippen molar-refractivity contribution in [1.82, 2.24) is 0 Å². The van der Waals surface area contributed by atoms with Gasteiger partial charge in [-0.25, -0.2) is 13.6 Å². The highest BCUT2D eigenvalue weighted by atomic mass is 19.1. The van der Waals surface area contributed by atoms with E-state index in [1.807, 2.05) is 13.0 Å². The highest BCUT2D eigenvalue weighted by Crippen LogP contribution is 2.29. The summed E-state index contributed by atoms with van der Waals surface area (Å²) >= 11 is 0. The number of hydrogen-bond donors (Lipinski definition) is 2. The van der Waals surface area contributed by atoms with Gasteiger partial charge in [0.1, 0.15) is 11.6 Å². The van der Waals surface area contributed by atoms with E-state index in [0.29, 0.717) is 5.69 Å². The van der Waals surface area contributed by atoms with Crippen LogP contribution in [0, 0.1) is 11.6 Å². The third-order valence-corrected chi connectivity index (χ3v) is 3.22. The number of nitrogens with one attached hydrogen (secondary N) is 2. The van der Waals surface area contributed by atoms with Crippen molar-refractivity contribution in [2.75, 3.05) is 10.6 Å². The Morgan fingerprint density at radius 2 is 1.73 bits per heavy atom. The van der Waals surface area contributed by atoms with Crippen molar-refractivity contribution in [3.05, 3.63) is 53.6 Å². The lowest BCUT2D eigenvalue weighted by Gasteiger charge is -2.09. The van der Waals surface area contributed by atoms with E-state index in [2.05, 4.69) is 15.6 Å². The molecule has 1 aliphatic rings. The maximum atomic E-state index is 13.1. The molecule has 0 radical (unpaired) electrons. The largest absolute Gasteiger partial charge is 0.323 e. The first kappa shape index (κ1) is 14.2. The minimum absolute atomic E-state index is 0.0463. The molecule has 6 heteroatoms. The molecular formula is C16H13F2N3O. The van der Waals surface area contributed by atoms with Crippen molar-refractivity contribution in [2.24, 2.45) is 4.99 Å². The summed E-state index contributed by atoms with van der Waals surface area (Å²) in [5.41, 5.74) is 3.56. The summed E-state index contributed by atoms with van der Waals surface area (Å²) in [5.74, 6) is -1.50. The zero-order valence-electron chi connectivity index (χ0n) is 11.8. The first-order valence-corrected chi connectivity index (χ1v) is 6.71. The topological polar surface area (TPSA) is 53.5 Å². The molecule has 0 unspecified atom stereocenters. The average molecular weight is 301 g/mol. The van der Waals surface area contributed by atoms with Gasteiger partial charge in [-0.15, -0.1) is 0 Å². The minimum Gasteiger partial charge on any atom is -0.308 e. The van der Waals surface area contributed by atoms with E-state index >= 15 is 0 Å². The summed E-state index contributed by atoms with van der Waals surface area (Å²) in [6.45, 7) is 1.94. The zero-order valence-corrected chi connectivity index (χ0v) is 11.8. The highest BCUT2D eigenvalue weighted by molar-refractivity contribution is 6.00. The fraction of sp³-hybridized carbons (Fsp3) is 0.125. The molecule has 0 saturated carbocycles. The van der Waals surface area contributed by atoms with Crippen LogP contribution < -0.4 is 10.6 Å². The number of anilines is 2. The van der Waals surface area contributed by atoms with Crippen LogP contribution in [-0.2, 0) is 6.42 Å². The Bertz CT molecular complexity index is 767. The number of benzene rings is 2. The van der Waals surface area contributed by atoms with Crippen molar-refractivity contribution >= 4 is 28.8 Å². The molecule has 1 aliphatic heterocycles. The van der Waals surface area contributed by atoms with Gasteiger partial charge in [0.15, 0.2) is 0 Å². The number of hydrogen-bond acceptors (Lipinski definition) is 2. The second-order valence-electron chi connectivity index (χ2n) is 5.10. The molecule has 0 spiro atoms. The zero-order chi connectivity index (χ0) is 15.7. The quantitative estimate of drug-likeness (QED) is 0.855. The van der Waals surface area contributed by atoms with Gasteiger partial charge < -0.3 is 10.6 Å². The van der Waals surface area contributed by atoms with Gasteiger partial charge in [-0.05, 0) is 36.8 Å². The second kappa shape index (κ2) is 5.55. The van der Waals surface area contributed by atoms with Gasteiger partial charge in [0.25, 0.3) is 0 Å². The number of carbonyl (C=O) groups is 1. The fourth-order valence-corrected chi connectivity index (χ4v) is 2.34. The van der Waals surface area contributed by atoms with Crippen LogP contribution in [0.25, 0.3) is 0 Å². The van der Waals surface area contributed by atoms with E-state index in [-0.39, 0.29) is 5.69 Å². The number of carbonyl (C=O) groups excluding carboxylic acids is 1. The minimum atomic E-state index is -0.752. The van der Waals surface area contributed by atoms with E-state index in [1.165, 1.54) is 0 Å². The van der Waals surface area contributed by atoms with Crippen LogP contribution in [0.5, 0.6) is 0 Å². The van der Waals surface area contributed by atoms with E-state index in [0.717, 1.165) is 41.6 Å². The number of urea groups is 1. The van der Waals surface area contributed by atoms with E-state index in [9.17, 15) is 13.6 Å². The first-order chi connectivity index (χ1) is 10.5. The number of halogens is 2. The molecule has 2 aromatic carbocycles. The normalized spacial score (nSPS) is 12.6.